The summed E-state index contributed by atoms with van der Waals surface area (Å²) in [5.41, 5.74) is 1.68. The van der Waals surface area contributed by atoms with Gasteiger partial charge in [-0.15, -0.1) is 0 Å². The number of anilines is 3. The van der Waals surface area contributed by atoms with E-state index in [1.165, 1.54) is 0 Å². The minimum atomic E-state index is -0.387. The molecule has 3 N–H and O–H groups in total. The number of amides is 2. The SMILES string of the molecule is CC(C)C(=O)c1cc(NC(=O)c2cc(NC(=O)c3nc(NC(C)(C)C)cn3C)cn2C)cn1C. The maximum absolute atomic E-state index is 12.9. The number of hydrogen-bond acceptors (Lipinski definition) is 5. The summed E-state index contributed by atoms with van der Waals surface area (Å²) in [6.45, 7) is 9.70. The van der Waals surface area contributed by atoms with E-state index < -0.39 is 0 Å². The van der Waals surface area contributed by atoms with Crippen LogP contribution in [0.3, 0.4) is 0 Å². The Morgan fingerprint density at radius 1 is 0.824 bits per heavy atom. The van der Waals surface area contributed by atoms with E-state index in [9.17, 15) is 14.4 Å². The first kappa shape index (κ1) is 24.8. The molecule has 0 bridgehead atoms. The third-order valence-corrected chi connectivity index (χ3v) is 5.12. The summed E-state index contributed by atoms with van der Waals surface area (Å²) in [5.74, 6) is -0.0374. The number of ketones is 1. The van der Waals surface area contributed by atoms with Gasteiger partial charge in [0.15, 0.2) is 5.78 Å². The molecule has 0 aliphatic heterocycles. The highest BCUT2D eigenvalue weighted by atomic mass is 16.2. The number of Topliss-reactive ketones (excluding diaryl/α,β-unsaturated/α-hetero) is 1. The summed E-state index contributed by atoms with van der Waals surface area (Å²) in [7, 11) is 5.23. The molecule has 0 aromatic carbocycles. The van der Waals surface area contributed by atoms with Crippen molar-refractivity contribution in [2.24, 2.45) is 27.1 Å². The van der Waals surface area contributed by atoms with E-state index in [0.717, 1.165) is 0 Å². The molecule has 3 rings (SSSR count). The van der Waals surface area contributed by atoms with Crippen LogP contribution in [0.25, 0.3) is 0 Å². The standard InChI is InChI=1S/C24H33N7O3/c1-14(2)20(32)17-9-15(11-29(17)6)25-22(33)18-10-16(12-30(18)7)26-23(34)21-27-19(13-31(21)8)28-24(3,4)5/h9-14,28H,1-8H3,(H,25,33)(H,26,34). The number of rotatable bonds is 7. The van der Waals surface area contributed by atoms with Gasteiger partial charge in [0.05, 0.1) is 17.1 Å². The number of imidazole rings is 1. The van der Waals surface area contributed by atoms with Gasteiger partial charge in [-0.2, -0.15) is 0 Å². The predicted octanol–water partition coefficient (Wildman–Crippen LogP) is 3.65. The van der Waals surface area contributed by atoms with Crippen LogP contribution in [0.1, 0.15) is 66.2 Å². The second-order valence-electron chi connectivity index (χ2n) is 9.81. The Morgan fingerprint density at radius 3 is 1.91 bits per heavy atom. The van der Waals surface area contributed by atoms with Crippen molar-refractivity contribution in [2.75, 3.05) is 16.0 Å². The van der Waals surface area contributed by atoms with Crippen LogP contribution >= 0.6 is 0 Å². The number of nitrogens with one attached hydrogen (secondary N) is 3. The maximum Gasteiger partial charge on any atom is 0.291 e. The molecule has 0 radical (unpaired) electrons. The summed E-state index contributed by atoms with van der Waals surface area (Å²) in [4.78, 5) is 42.3. The van der Waals surface area contributed by atoms with Crippen molar-refractivity contribution in [1.82, 2.24) is 18.7 Å². The van der Waals surface area contributed by atoms with Crippen LogP contribution in [0.5, 0.6) is 0 Å². The molecule has 0 fully saturated rings. The Morgan fingerprint density at radius 2 is 1.35 bits per heavy atom. The summed E-state index contributed by atoms with van der Waals surface area (Å²) < 4.78 is 4.97. The Kier molecular flexibility index (Phi) is 6.72. The Hall–Kier alpha value is -3.82. The first-order valence-corrected chi connectivity index (χ1v) is 11.1. The highest BCUT2D eigenvalue weighted by molar-refractivity contribution is 6.07. The van der Waals surface area contributed by atoms with Gasteiger partial charge in [-0.3, -0.25) is 14.4 Å². The molecule has 0 atom stereocenters. The van der Waals surface area contributed by atoms with Crippen LogP contribution in [-0.2, 0) is 21.1 Å². The van der Waals surface area contributed by atoms with Gasteiger partial charge < -0.3 is 29.7 Å². The van der Waals surface area contributed by atoms with Gasteiger partial charge in [-0.05, 0) is 32.9 Å². The van der Waals surface area contributed by atoms with E-state index >= 15 is 0 Å². The van der Waals surface area contributed by atoms with Crippen LogP contribution < -0.4 is 16.0 Å². The van der Waals surface area contributed by atoms with Crippen molar-refractivity contribution < 1.29 is 14.4 Å². The lowest BCUT2D eigenvalue weighted by atomic mass is 10.1. The van der Waals surface area contributed by atoms with Crippen molar-refractivity contribution >= 4 is 34.8 Å². The number of aryl methyl sites for hydroxylation is 3. The largest absolute Gasteiger partial charge is 0.364 e. The fraction of sp³-hybridized carbons (Fsp3) is 0.417. The highest BCUT2D eigenvalue weighted by Gasteiger charge is 2.20. The smallest absolute Gasteiger partial charge is 0.291 e. The van der Waals surface area contributed by atoms with Gasteiger partial charge in [-0.1, -0.05) is 13.8 Å². The summed E-state index contributed by atoms with van der Waals surface area (Å²) in [5, 5.41) is 8.85. The zero-order chi connectivity index (χ0) is 25.4. The molecule has 0 unspecified atom stereocenters. The van der Waals surface area contributed by atoms with Crippen LogP contribution in [-0.4, -0.2) is 41.8 Å². The average molecular weight is 468 g/mol. The third-order valence-electron chi connectivity index (χ3n) is 5.12. The van der Waals surface area contributed by atoms with E-state index in [4.69, 9.17) is 0 Å². The number of carbonyl (C=O) groups excluding carboxylic acids is 3. The lowest BCUT2D eigenvalue weighted by molar-refractivity contribution is 0.0930. The zero-order valence-corrected chi connectivity index (χ0v) is 21.0. The second-order valence-corrected chi connectivity index (χ2v) is 9.81. The predicted molar refractivity (Wildman–Crippen MR) is 132 cm³/mol. The molecule has 0 spiro atoms. The molecule has 3 aromatic heterocycles. The molecule has 0 aliphatic carbocycles. The van der Waals surface area contributed by atoms with Crippen LogP contribution in [0, 0.1) is 5.92 Å². The van der Waals surface area contributed by atoms with Crippen molar-refractivity contribution in [3.63, 3.8) is 0 Å². The van der Waals surface area contributed by atoms with E-state index in [2.05, 4.69) is 20.9 Å². The van der Waals surface area contributed by atoms with Crippen LogP contribution in [0.15, 0.2) is 30.7 Å². The van der Waals surface area contributed by atoms with Crippen molar-refractivity contribution in [2.45, 2.75) is 40.2 Å². The van der Waals surface area contributed by atoms with E-state index in [0.29, 0.717) is 28.6 Å². The summed E-state index contributed by atoms with van der Waals surface area (Å²) in [6.07, 6.45) is 5.11. The van der Waals surface area contributed by atoms with E-state index in [1.54, 1.807) is 65.6 Å². The molecule has 10 heteroatoms. The number of carbonyl (C=O) groups is 3. The molecular formula is C24H33N7O3. The highest BCUT2D eigenvalue weighted by Crippen LogP contribution is 2.20. The van der Waals surface area contributed by atoms with Crippen molar-refractivity contribution in [3.05, 3.63) is 47.9 Å². The zero-order valence-electron chi connectivity index (χ0n) is 21.0. The molecule has 0 saturated carbocycles. The normalized spacial score (nSPS) is 11.6. The summed E-state index contributed by atoms with van der Waals surface area (Å²) in [6, 6.07) is 3.25. The average Bonchev–Trinajstić information content (AvgIpc) is 3.36. The minimum Gasteiger partial charge on any atom is -0.364 e. The van der Waals surface area contributed by atoms with Crippen molar-refractivity contribution in [1.29, 1.82) is 0 Å². The third kappa shape index (κ3) is 5.56. The lowest BCUT2D eigenvalue weighted by Crippen LogP contribution is -2.26. The van der Waals surface area contributed by atoms with Gasteiger partial charge in [0.1, 0.15) is 11.5 Å². The quantitative estimate of drug-likeness (QED) is 0.459. The maximum atomic E-state index is 12.9. The Balaban J connectivity index is 1.72. The molecule has 0 aliphatic rings. The van der Waals surface area contributed by atoms with Gasteiger partial charge >= 0.3 is 0 Å². The van der Waals surface area contributed by atoms with Gasteiger partial charge in [0, 0.05) is 51.2 Å². The van der Waals surface area contributed by atoms with Gasteiger partial charge in [-0.25, -0.2) is 4.98 Å². The van der Waals surface area contributed by atoms with Gasteiger partial charge in [0.25, 0.3) is 11.8 Å². The molecule has 3 heterocycles. The Labute approximate surface area is 199 Å². The second kappa shape index (κ2) is 9.20. The number of aromatic nitrogens is 4. The molecule has 10 nitrogen and oxygen atoms in total. The fourth-order valence-electron chi connectivity index (χ4n) is 3.54. The van der Waals surface area contributed by atoms with Gasteiger partial charge in [0.2, 0.25) is 5.82 Å². The lowest BCUT2D eigenvalue weighted by Gasteiger charge is -2.19. The van der Waals surface area contributed by atoms with E-state index in [-0.39, 0.29) is 34.9 Å². The fourth-order valence-corrected chi connectivity index (χ4v) is 3.54. The first-order valence-electron chi connectivity index (χ1n) is 11.1. The molecule has 182 valence electrons. The topological polar surface area (TPSA) is 115 Å². The molecule has 3 aromatic rings. The molecule has 2 amide bonds. The number of hydrogen-bond donors (Lipinski definition) is 3. The van der Waals surface area contributed by atoms with Crippen LogP contribution in [0.4, 0.5) is 17.2 Å². The Bertz CT molecular complexity index is 1240. The molecular weight excluding hydrogens is 434 g/mol. The molecule has 0 saturated heterocycles. The van der Waals surface area contributed by atoms with Crippen molar-refractivity contribution in [3.8, 4) is 0 Å². The number of nitrogens with zero attached hydrogens (tertiary/aromatic N) is 4. The van der Waals surface area contributed by atoms with E-state index in [1.807, 2.05) is 34.6 Å². The minimum absolute atomic E-state index is 0.00186. The molecule has 34 heavy (non-hydrogen) atoms. The monoisotopic (exact) mass is 467 g/mol. The first-order chi connectivity index (χ1) is 15.7. The summed E-state index contributed by atoms with van der Waals surface area (Å²) >= 11 is 0. The van der Waals surface area contributed by atoms with Crippen LogP contribution in [0.2, 0.25) is 0 Å².